The van der Waals surface area contributed by atoms with Crippen LogP contribution in [0.15, 0.2) is 43.5 Å². The molecule has 6 heteroatoms. The molecule has 1 heterocycles. The molecule has 1 aromatic rings. The van der Waals surface area contributed by atoms with Crippen LogP contribution >= 0.6 is 0 Å². The van der Waals surface area contributed by atoms with E-state index in [1.165, 1.54) is 0 Å². The SMILES string of the molecule is C=CC1CN(C(=O)OC(C)(C)C)CC(C=C)N1Cc1ccc(OC)cc1OC. The number of carbonyl (C=O) groups excluding carboxylic acids is 1. The van der Waals surface area contributed by atoms with Gasteiger partial charge in [-0.05, 0) is 26.8 Å². The van der Waals surface area contributed by atoms with Crippen LogP contribution in [0.25, 0.3) is 0 Å². The highest BCUT2D eigenvalue weighted by Crippen LogP contribution is 2.29. The fourth-order valence-electron chi connectivity index (χ4n) is 3.29. The Kier molecular flexibility index (Phi) is 7.13. The Morgan fingerprint density at radius 1 is 1.14 bits per heavy atom. The van der Waals surface area contributed by atoms with Crippen molar-refractivity contribution in [1.82, 2.24) is 9.80 Å². The van der Waals surface area contributed by atoms with E-state index in [1.54, 1.807) is 19.1 Å². The zero-order valence-electron chi connectivity index (χ0n) is 17.6. The average Bonchev–Trinajstić information content (AvgIpc) is 2.66. The third-order valence-corrected chi connectivity index (χ3v) is 4.71. The van der Waals surface area contributed by atoms with Gasteiger partial charge in [0.2, 0.25) is 0 Å². The number of carbonyl (C=O) groups is 1. The highest BCUT2D eigenvalue weighted by atomic mass is 16.6. The number of piperazine rings is 1. The van der Waals surface area contributed by atoms with Gasteiger partial charge >= 0.3 is 6.09 Å². The van der Waals surface area contributed by atoms with Crippen LogP contribution in [0.1, 0.15) is 26.3 Å². The summed E-state index contributed by atoms with van der Waals surface area (Å²) in [5.74, 6) is 1.51. The monoisotopic (exact) mass is 388 g/mol. The molecule has 2 atom stereocenters. The van der Waals surface area contributed by atoms with E-state index in [1.807, 2.05) is 51.1 Å². The fraction of sp³-hybridized carbons (Fsp3) is 0.500. The molecule has 0 radical (unpaired) electrons. The summed E-state index contributed by atoms with van der Waals surface area (Å²) in [7, 11) is 3.28. The normalized spacial score (nSPS) is 20.4. The van der Waals surface area contributed by atoms with E-state index >= 15 is 0 Å². The molecule has 0 aromatic heterocycles. The van der Waals surface area contributed by atoms with Gasteiger partial charge in [0.1, 0.15) is 17.1 Å². The minimum Gasteiger partial charge on any atom is -0.497 e. The summed E-state index contributed by atoms with van der Waals surface area (Å²) in [6.45, 7) is 15.2. The second-order valence-electron chi connectivity index (χ2n) is 7.84. The van der Waals surface area contributed by atoms with Crippen LogP contribution in [0.4, 0.5) is 4.79 Å². The molecule has 6 nitrogen and oxygen atoms in total. The summed E-state index contributed by atoms with van der Waals surface area (Å²) in [5.41, 5.74) is 0.505. The van der Waals surface area contributed by atoms with Gasteiger partial charge in [-0.25, -0.2) is 4.79 Å². The van der Waals surface area contributed by atoms with Crippen molar-refractivity contribution >= 4 is 6.09 Å². The number of ether oxygens (including phenoxy) is 3. The lowest BCUT2D eigenvalue weighted by Crippen LogP contribution is -2.58. The largest absolute Gasteiger partial charge is 0.497 e. The first-order valence-corrected chi connectivity index (χ1v) is 9.42. The summed E-state index contributed by atoms with van der Waals surface area (Å²) >= 11 is 0. The molecular formula is C22H32N2O4. The third-order valence-electron chi connectivity index (χ3n) is 4.71. The number of methoxy groups -OCH3 is 2. The topological polar surface area (TPSA) is 51.2 Å². The summed E-state index contributed by atoms with van der Waals surface area (Å²) in [6.07, 6.45) is 3.42. The maximum Gasteiger partial charge on any atom is 0.410 e. The molecule has 28 heavy (non-hydrogen) atoms. The number of rotatable bonds is 6. The first-order valence-electron chi connectivity index (χ1n) is 9.42. The number of hydrogen-bond donors (Lipinski definition) is 0. The van der Waals surface area contributed by atoms with Crippen molar-refractivity contribution in [1.29, 1.82) is 0 Å². The van der Waals surface area contributed by atoms with E-state index in [9.17, 15) is 4.79 Å². The predicted molar refractivity (Wildman–Crippen MR) is 111 cm³/mol. The second kappa shape index (κ2) is 9.15. The van der Waals surface area contributed by atoms with Gasteiger partial charge in [0.25, 0.3) is 0 Å². The molecule has 1 aliphatic rings. The molecule has 0 N–H and O–H groups in total. The Bertz CT molecular complexity index is 693. The number of amides is 1. The molecule has 0 aliphatic carbocycles. The van der Waals surface area contributed by atoms with Crippen molar-refractivity contribution in [3.8, 4) is 11.5 Å². The van der Waals surface area contributed by atoms with Gasteiger partial charge in [-0.2, -0.15) is 0 Å². The highest BCUT2D eigenvalue weighted by Gasteiger charge is 2.35. The Labute approximate surface area is 168 Å². The van der Waals surface area contributed by atoms with Crippen LogP contribution in [0.5, 0.6) is 11.5 Å². The third kappa shape index (κ3) is 5.29. The molecule has 0 saturated carbocycles. The lowest BCUT2D eigenvalue weighted by Gasteiger charge is -2.45. The Hall–Kier alpha value is -2.47. The van der Waals surface area contributed by atoms with Crippen molar-refractivity contribution in [3.63, 3.8) is 0 Å². The number of benzene rings is 1. The van der Waals surface area contributed by atoms with Crippen molar-refractivity contribution in [2.45, 2.75) is 45.0 Å². The number of nitrogens with zero attached hydrogens (tertiary/aromatic N) is 2. The molecule has 154 valence electrons. The molecule has 1 fully saturated rings. The quantitative estimate of drug-likeness (QED) is 0.693. The van der Waals surface area contributed by atoms with Crippen molar-refractivity contribution < 1.29 is 19.0 Å². The van der Waals surface area contributed by atoms with Gasteiger partial charge in [0.05, 0.1) is 14.2 Å². The molecule has 2 unspecified atom stereocenters. The van der Waals surface area contributed by atoms with Gasteiger partial charge in [-0.1, -0.05) is 18.2 Å². The maximum absolute atomic E-state index is 12.6. The zero-order chi connectivity index (χ0) is 20.9. The van der Waals surface area contributed by atoms with E-state index in [-0.39, 0.29) is 18.2 Å². The van der Waals surface area contributed by atoms with Gasteiger partial charge in [-0.3, -0.25) is 4.90 Å². The molecule has 0 spiro atoms. The van der Waals surface area contributed by atoms with Crippen LogP contribution in [0.3, 0.4) is 0 Å². The Balaban J connectivity index is 2.22. The summed E-state index contributed by atoms with van der Waals surface area (Å²) in [4.78, 5) is 16.6. The molecule has 1 saturated heterocycles. The van der Waals surface area contributed by atoms with Gasteiger partial charge in [0, 0.05) is 43.3 Å². The molecule has 1 amide bonds. The highest BCUT2D eigenvalue weighted by molar-refractivity contribution is 5.68. The molecule has 1 aromatic carbocycles. The minimum absolute atomic E-state index is 0.0314. The Morgan fingerprint density at radius 2 is 1.75 bits per heavy atom. The molecular weight excluding hydrogens is 356 g/mol. The average molecular weight is 389 g/mol. The van der Waals surface area contributed by atoms with E-state index in [2.05, 4.69) is 18.1 Å². The summed E-state index contributed by atoms with van der Waals surface area (Å²) in [5, 5.41) is 0. The molecule has 1 aliphatic heterocycles. The van der Waals surface area contributed by atoms with Crippen LogP contribution in [0.2, 0.25) is 0 Å². The predicted octanol–water partition coefficient (Wildman–Crippen LogP) is 3.87. The van der Waals surface area contributed by atoms with Gasteiger partial charge in [0.15, 0.2) is 0 Å². The van der Waals surface area contributed by atoms with E-state index in [0.717, 1.165) is 17.1 Å². The number of hydrogen-bond acceptors (Lipinski definition) is 5. The minimum atomic E-state index is -0.530. The standard InChI is InChI=1S/C22H32N2O4/c1-8-17-14-23(21(25)28-22(3,4)5)15-18(9-2)24(17)13-16-10-11-19(26-6)12-20(16)27-7/h8-12,17-18H,1-2,13-15H2,3-7H3. The zero-order valence-corrected chi connectivity index (χ0v) is 17.6. The van der Waals surface area contributed by atoms with Crippen LogP contribution in [0, 0.1) is 0 Å². The van der Waals surface area contributed by atoms with Crippen molar-refractivity contribution in [2.75, 3.05) is 27.3 Å². The van der Waals surface area contributed by atoms with Crippen LogP contribution in [-0.4, -0.2) is 60.9 Å². The van der Waals surface area contributed by atoms with E-state index < -0.39 is 5.60 Å². The van der Waals surface area contributed by atoms with Crippen molar-refractivity contribution in [2.24, 2.45) is 0 Å². The van der Waals surface area contributed by atoms with Crippen LogP contribution < -0.4 is 9.47 Å². The van der Waals surface area contributed by atoms with E-state index in [0.29, 0.717) is 19.6 Å². The van der Waals surface area contributed by atoms with Crippen molar-refractivity contribution in [3.05, 3.63) is 49.1 Å². The van der Waals surface area contributed by atoms with Gasteiger partial charge in [-0.15, -0.1) is 13.2 Å². The Morgan fingerprint density at radius 3 is 2.21 bits per heavy atom. The fourth-order valence-corrected chi connectivity index (χ4v) is 3.29. The lowest BCUT2D eigenvalue weighted by atomic mass is 10.0. The first kappa shape index (κ1) is 21.8. The summed E-state index contributed by atoms with van der Waals surface area (Å²) < 4.78 is 16.4. The van der Waals surface area contributed by atoms with Crippen LogP contribution in [-0.2, 0) is 11.3 Å². The smallest absolute Gasteiger partial charge is 0.410 e. The maximum atomic E-state index is 12.6. The second-order valence-corrected chi connectivity index (χ2v) is 7.84. The van der Waals surface area contributed by atoms with E-state index in [4.69, 9.17) is 14.2 Å². The summed E-state index contributed by atoms with van der Waals surface area (Å²) in [6, 6.07) is 5.73. The molecule has 0 bridgehead atoms. The lowest BCUT2D eigenvalue weighted by molar-refractivity contribution is -0.000996. The van der Waals surface area contributed by atoms with Gasteiger partial charge < -0.3 is 19.1 Å². The first-order chi connectivity index (χ1) is 13.2. The molecule has 2 rings (SSSR count).